The molecule has 1 fully saturated rings. The monoisotopic (exact) mass is 327 g/mol. The molecule has 1 aliphatic carbocycles. The first kappa shape index (κ1) is 15.1. The molecule has 6 nitrogen and oxygen atoms in total. The molecule has 1 amide bonds. The van der Waals surface area contributed by atoms with E-state index in [4.69, 9.17) is 9.26 Å². The molecule has 0 saturated carbocycles. The fourth-order valence-corrected chi connectivity index (χ4v) is 3.40. The molecule has 2 aliphatic rings. The Balaban J connectivity index is 1.51. The average molecular weight is 327 g/mol. The molecule has 4 rings (SSSR count). The normalized spacial score (nSPS) is 16.9. The van der Waals surface area contributed by atoms with E-state index in [0.29, 0.717) is 19.7 Å². The smallest absolute Gasteiger partial charge is 0.414 e. The Kier molecular flexibility index (Phi) is 3.88. The Labute approximate surface area is 140 Å². The first-order valence-corrected chi connectivity index (χ1v) is 8.47. The SMILES string of the molecule is Cc1ccc(NCc2noc3c2CCCC3)cc1N1CCOC1=O. The first-order valence-electron chi connectivity index (χ1n) is 8.47. The summed E-state index contributed by atoms with van der Waals surface area (Å²) in [5, 5.41) is 7.62. The summed E-state index contributed by atoms with van der Waals surface area (Å²) in [7, 11) is 0. The highest BCUT2D eigenvalue weighted by Gasteiger charge is 2.25. The lowest BCUT2D eigenvalue weighted by atomic mass is 9.96. The minimum atomic E-state index is -0.277. The number of carbonyl (C=O) groups excluding carboxylic acids is 1. The van der Waals surface area contributed by atoms with Crippen molar-refractivity contribution >= 4 is 17.5 Å². The van der Waals surface area contributed by atoms with Gasteiger partial charge >= 0.3 is 6.09 Å². The average Bonchev–Trinajstić information content (AvgIpc) is 3.20. The third-order valence-electron chi connectivity index (χ3n) is 4.75. The van der Waals surface area contributed by atoms with Crippen LogP contribution >= 0.6 is 0 Å². The molecule has 0 atom stereocenters. The van der Waals surface area contributed by atoms with E-state index in [2.05, 4.69) is 10.5 Å². The van der Waals surface area contributed by atoms with Crippen LogP contribution in [0.3, 0.4) is 0 Å². The fraction of sp³-hybridized carbons (Fsp3) is 0.444. The molecule has 2 heterocycles. The Morgan fingerprint density at radius 3 is 3.00 bits per heavy atom. The number of carbonyl (C=O) groups is 1. The molecule has 0 unspecified atom stereocenters. The summed E-state index contributed by atoms with van der Waals surface area (Å²) < 4.78 is 10.5. The van der Waals surface area contributed by atoms with Gasteiger partial charge in [0.15, 0.2) is 0 Å². The van der Waals surface area contributed by atoms with Crippen molar-refractivity contribution in [2.75, 3.05) is 23.4 Å². The van der Waals surface area contributed by atoms with Crippen molar-refractivity contribution in [1.29, 1.82) is 0 Å². The van der Waals surface area contributed by atoms with Crippen molar-refractivity contribution in [2.45, 2.75) is 39.2 Å². The Hall–Kier alpha value is -2.50. The van der Waals surface area contributed by atoms with Gasteiger partial charge in [0.2, 0.25) is 0 Å². The van der Waals surface area contributed by atoms with Crippen LogP contribution in [0.15, 0.2) is 22.7 Å². The van der Waals surface area contributed by atoms with Gasteiger partial charge in [0.05, 0.1) is 18.8 Å². The maximum Gasteiger partial charge on any atom is 0.414 e. The zero-order valence-corrected chi connectivity index (χ0v) is 13.8. The number of hydrogen-bond donors (Lipinski definition) is 1. The number of nitrogens with zero attached hydrogens (tertiary/aromatic N) is 2. The standard InChI is InChI=1S/C18H21N3O3/c1-12-6-7-13(10-16(12)21-8-9-23-18(21)22)19-11-15-14-4-2-3-5-17(14)24-20-15/h6-7,10,19H,2-5,8-9,11H2,1H3. The quantitative estimate of drug-likeness (QED) is 0.932. The molecule has 0 radical (unpaired) electrons. The van der Waals surface area contributed by atoms with Crippen molar-refractivity contribution in [2.24, 2.45) is 0 Å². The molecule has 126 valence electrons. The van der Waals surface area contributed by atoms with Gasteiger partial charge in [-0.1, -0.05) is 11.2 Å². The third kappa shape index (κ3) is 2.72. The van der Waals surface area contributed by atoms with Crippen LogP contribution in [-0.2, 0) is 24.1 Å². The second-order valence-electron chi connectivity index (χ2n) is 6.36. The lowest BCUT2D eigenvalue weighted by Gasteiger charge is -2.17. The van der Waals surface area contributed by atoms with E-state index in [9.17, 15) is 4.79 Å². The predicted octanol–water partition coefficient (Wildman–Crippen LogP) is 3.43. The van der Waals surface area contributed by atoms with Crippen LogP contribution in [0.25, 0.3) is 0 Å². The molecule has 1 aromatic carbocycles. The number of cyclic esters (lactones) is 1. The summed E-state index contributed by atoms with van der Waals surface area (Å²) in [4.78, 5) is 13.5. The lowest BCUT2D eigenvalue weighted by molar-refractivity contribution is 0.181. The van der Waals surface area contributed by atoms with Crippen molar-refractivity contribution in [1.82, 2.24) is 5.16 Å². The van der Waals surface area contributed by atoms with Crippen molar-refractivity contribution < 1.29 is 14.1 Å². The summed E-state index contributed by atoms with van der Waals surface area (Å²) in [6.07, 6.45) is 4.15. The molecule has 0 bridgehead atoms. The van der Waals surface area contributed by atoms with Crippen molar-refractivity contribution in [3.8, 4) is 0 Å². The number of amides is 1. The molecule has 1 aromatic heterocycles. The molecule has 1 aliphatic heterocycles. The maximum atomic E-state index is 11.8. The van der Waals surface area contributed by atoms with Gasteiger partial charge in [0.1, 0.15) is 18.1 Å². The highest BCUT2D eigenvalue weighted by Crippen LogP contribution is 2.28. The summed E-state index contributed by atoms with van der Waals surface area (Å²) >= 11 is 0. The van der Waals surface area contributed by atoms with Crippen LogP contribution in [0.1, 0.15) is 35.4 Å². The number of hydrogen-bond acceptors (Lipinski definition) is 5. The zero-order chi connectivity index (χ0) is 16.5. The second kappa shape index (κ2) is 6.19. The van der Waals surface area contributed by atoms with E-state index in [0.717, 1.165) is 41.2 Å². The number of aromatic nitrogens is 1. The molecule has 0 spiro atoms. The van der Waals surface area contributed by atoms with Gasteiger partial charge in [-0.2, -0.15) is 0 Å². The number of fused-ring (bicyclic) bond motifs is 1. The molecule has 1 N–H and O–H groups in total. The fourth-order valence-electron chi connectivity index (χ4n) is 3.40. The van der Waals surface area contributed by atoms with Crippen LogP contribution in [0.4, 0.5) is 16.2 Å². The first-order chi connectivity index (χ1) is 11.7. The van der Waals surface area contributed by atoms with E-state index in [-0.39, 0.29) is 6.09 Å². The predicted molar refractivity (Wildman–Crippen MR) is 90.3 cm³/mol. The highest BCUT2D eigenvalue weighted by atomic mass is 16.6. The molecular formula is C18H21N3O3. The van der Waals surface area contributed by atoms with Crippen molar-refractivity contribution in [3.05, 3.63) is 40.8 Å². The van der Waals surface area contributed by atoms with Gasteiger partial charge in [-0.05, 0) is 43.9 Å². The molecule has 1 saturated heterocycles. The van der Waals surface area contributed by atoms with Gasteiger partial charge < -0.3 is 14.6 Å². The number of nitrogens with one attached hydrogen (secondary N) is 1. The zero-order valence-electron chi connectivity index (χ0n) is 13.8. The van der Waals surface area contributed by atoms with Gasteiger partial charge in [0, 0.05) is 17.7 Å². The van der Waals surface area contributed by atoms with Gasteiger partial charge in [-0.15, -0.1) is 0 Å². The number of anilines is 2. The van der Waals surface area contributed by atoms with Crippen molar-refractivity contribution in [3.63, 3.8) is 0 Å². The largest absolute Gasteiger partial charge is 0.447 e. The minimum Gasteiger partial charge on any atom is -0.447 e. The molecule has 24 heavy (non-hydrogen) atoms. The highest BCUT2D eigenvalue weighted by molar-refractivity contribution is 5.91. The van der Waals surface area contributed by atoms with Crippen LogP contribution in [0.5, 0.6) is 0 Å². The minimum absolute atomic E-state index is 0.277. The van der Waals surface area contributed by atoms with E-state index in [1.165, 1.54) is 18.4 Å². The van der Waals surface area contributed by atoms with Gasteiger partial charge in [0.25, 0.3) is 0 Å². The molecule has 6 heteroatoms. The van der Waals surface area contributed by atoms with E-state index >= 15 is 0 Å². The summed E-state index contributed by atoms with van der Waals surface area (Å²) in [5.74, 6) is 1.04. The number of aryl methyl sites for hydroxylation is 2. The molecule has 2 aromatic rings. The Morgan fingerprint density at radius 1 is 1.29 bits per heavy atom. The van der Waals surface area contributed by atoms with E-state index in [1.807, 2.05) is 25.1 Å². The second-order valence-corrected chi connectivity index (χ2v) is 6.36. The van der Waals surface area contributed by atoms with Crippen LogP contribution in [0.2, 0.25) is 0 Å². The van der Waals surface area contributed by atoms with Crippen LogP contribution < -0.4 is 10.2 Å². The Bertz CT molecular complexity index is 769. The van der Waals surface area contributed by atoms with Gasteiger partial charge in [-0.3, -0.25) is 4.90 Å². The van der Waals surface area contributed by atoms with Gasteiger partial charge in [-0.25, -0.2) is 4.79 Å². The summed E-state index contributed by atoms with van der Waals surface area (Å²) in [6.45, 7) is 3.67. The number of ether oxygens (including phenoxy) is 1. The third-order valence-corrected chi connectivity index (χ3v) is 4.75. The van der Waals surface area contributed by atoms with Crippen LogP contribution in [-0.4, -0.2) is 24.4 Å². The number of rotatable bonds is 4. The Morgan fingerprint density at radius 2 is 2.17 bits per heavy atom. The van der Waals surface area contributed by atoms with E-state index < -0.39 is 0 Å². The molecular weight excluding hydrogens is 306 g/mol. The van der Waals surface area contributed by atoms with Crippen LogP contribution in [0, 0.1) is 6.92 Å². The topological polar surface area (TPSA) is 67.6 Å². The number of benzene rings is 1. The maximum absolute atomic E-state index is 11.8. The summed E-state index contributed by atoms with van der Waals surface area (Å²) in [6, 6.07) is 6.03. The lowest BCUT2D eigenvalue weighted by Crippen LogP contribution is -2.24. The van der Waals surface area contributed by atoms with E-state index in [1.54, 1.807) is 4.90 Å². The summed E-state index contributed by atoms with van der Waals surface area (Å²) in [5.41, 5.74) is 5.17.